The lowest BCUT2D eigenvalue weighted by Crippen LogP contribution is -2.31. The van der Waals surface area contributed by atoms with Crippen molar-refractivity contribution in [2.24, 2.45) is 5.92 Å². The van der Waals surface area contributed by atoms with Crippen molar-refractivity contribution >= 4 is 5.95 Å². The minimum atomic E-state index is 0.425. The second kappa shape index (κ2) is 6.51. The summed E-state index contributed by atoms with van der Waals surface area (Å²) in [6, 6.07) is 4.23. The van der Waals surface area contributed by atoms with E-state index in [4.69, 9.17) is 5.26 Å². The van der Waals surface area contributed by atoms with Crippen molar-refractivity contribution < 1.29 is 0 Å². The molecule has 4 heteroatoms. The molecule has 19 heavy (non-hydrogen) atoms. The van der Waals surface area contributed by atoms with Gasteiger partial charge in [-0.3, -0.25) is 0 Å². The van der Waals surface area contributed by atoms with E-state index in [1.807, 2.05) is 6.92 Å². The van der Waals surface area contributed by atoms with Crippen molar-refractivity contribution in [2.45, 2.75) is 58.4 Å². The van der Waals surface area contributed by atoms with Crippen LogP contribution in [0.3, 0.4) is 0 Å². The number of rotatable bonds is 4. The summed E-state index contributed by atoms with van der Waals surface area (Å²) in [7, 11) is 0. The van der Waals surface area contributed by atoms with Crippen LogP contribution in [0.5, 0.6) is 0 Å². The van der Waals surface area contributed by atoms with Gasteiger partial charge in [-0.25, -0.2) is 9.97 Å². The molecule has 0 spiro atoms. The molecular weight excluding hydrogens is 236 g/mol. The van der Waals surface area contributed by atoms with Gasteiger partial charge in [-0.1, -0.05) is 26.2 Å². The number of nitriles is 1. The normalized spacial score (nSPS) is 17.7. The topological polar surface area (TPSA) is 61.6 Å². The summed E-state index contributed by atoms with van der Waals surface area (Å²) in [6.07, 6.45) is 7.70. The van der Waals surface area contributed by atoms with Crippen LogP contribution in [0.15, 0.2) is 6.07 Å². The van der Waals surface area contributed by atoms with Gasteiger partial charge in [-0.2, -0.15) is 5.26 Å². The van der Waals surface area contributed by atoms with Crippen molar-refractivity contribution in [1.29, 1.82) is 5.26 Å². The Balaban J connectivity index is 2.09. The van der Waals surface area contributed by atoms with Crippen LogP contribution in [0.1, 0.15) is 56.8 Å². The highest BCUT2D eigenvalue weighted by Crippen LogP contribution is 2.29. The SMILES string of the molecule is CCC(Nc1nc(C)cc(C#N)n1)C1CCCCC1. The lowest BCUT2D eigenvalue weighted by molar-refractivity contribution is 0.312. The number of hydrogen-bond donors (Lipinski definition) is 1. The first-order chi connectivity index (χ1) is 9.22. The Kier molecular flexibility index (Phi) is 4.73. The van der Waals surface area contributed by atoms with Gasteiger partial charge in [0.1, 0.15) is 11.8 Å². The molecule has 1 atom stereocenters. The fourth-order valence-corrected chi connectivity index (χ4v) is 2.95. The van der Waals surface area contributed by atoms with E-state index in [2.05, 4.69) is 28.3 Å². The van der Waals surface area contributed by atoms with Crippen LogP contribution in [0.2, 0.25) is 0 Å². The quantitative estimate of drug-likeness (QED) is 0.898. The van der Waals surface area contributed by atoms with Crippen LogP contribution in [-0.2, 0) is 0 Å². The summed E-state index contributed by atoms with van der Waals surface area (Å²) in [5.41, 5.74) is 1.28. The molecule has 1 saturated carbocycles. The molecule has 4 nitrogen and oxygen atoms in total. The van der Waals surface area contributed by atoms with Gasteiger partial charge in [0.15, 0.2) is 0 Å². The molecule has 1 fully saturated rings. The number of nitrogens with one attached hydrogen (secondary N) is 1. The summed E-state index contributed by atoms with van der Waals surface area (Å²) >= 11 is 0. The Bertz CT molecular complexity index is 458. The first kappa shape index (κ1) is 13.8. The van der Waals surface area contributed by atoms with Gasteiger partial charge < -0.3 is 5.32 Å². The van der Waals surface area contributed by atoms with Gasteiger partial charge in [-0.15, -0.1) is 0 Å². The largest absolute Gasteiger partial charge is 0.351 e. The van der Waals surface area contributed by atoms with E-state index in [0.717, 1.165) is 12.1 Å². The van der Waals surface area contributed by atoms with Gasteiger partial charge >= 0.3 is 0 Å². The molecule has 1 aromatic rings. The van der Waals surface area contributed by atoms with Crippen molar-refractivity contribution in [3.63, 3.8) is 0 Å². The van der Waals surface area contributed by atoms with Gasteiger partial charge in [-0.05, 0) is 38.2 Å². The van der Waals surface area contributed by atoms with Crippen LogP contribution in [0.4, 0.5) is 5.95 Å². The maximum Gasteiger partial charge on any atom is 0.224 e. The van der Waals surface area contributed by atoms with E-state index < -0.39 is 0 Å². The van der Waals surface area contributed by atoms with Crippen LogP contribution in [0, 0.1) is 24.2 Å². The zero-order valence-electron chi connectivity index (χ0n) is 11.8. The maximum absolute atomic E-state index is 8.96. The van der Waals surface area contributed by atoms with Crippen molar-refractivity contribution in [1.82, 2.24) is 9.97 Å². The summed E-state index contributed by atoms with van der Waals surface area (Å²) < 4.78 is 0. The van der Waals surface area contributed by atoms with Gasteiger partial charge in [0.25, 0.3) is 0 Å². The molecule has 2 rings (SSSR count). The Morgan fingerprint density at radius 3 is 2.74 bits per heavy atom. The van der Waals surface area contributed by atoms with E-state index in [0.29, 0.717) is 23.6 Å². The third-order valence-corrected chi connectivity index (χ3v) is 3.94. The monoisotopic (exact) mass is 258 g/mol. The summed E-state index contributed by atoms with van der Waals surface area (Å²) in [5, 5.41) is 12.4. The zero-order valence-corrected chi connectivity index (χ0v) is 11.8. The lowest BCUT2D eigenvalue weighted by Gasteiger charge is -2.30. The molecule has 1 unspecified atom stereocenters. The lowest BCUT2D eigenvalue weighted by atomic mass is 9.83. The smallest absolute Gasteiger partial charge is 0.224 e. The summed E-state index contributed by atoms with van der Waals surface area (Å²) in [5.74, 6) is 1.32. The van der Waals surface area contributed by atoms with E-state index in [1.54, 1.807) is 6.07 Å². The number of aromatic nitrogens is 2. The molecule has 0 aromatic carbocycles. The number of nitrogens with zero attached hydrogens (tertiary/aromatic N) is 3. The molecule has 1 aliphatic rings. The third-order valence-electron chi connectivity index (χ3n) is 3.94. The maximum atomic E-state index is 8.96. The molecular formula is C15H22N4. The van der Waals surface area contributed by atoms with Crippen LogP contribution < -0.4 is 5.32 Å². The number of anilines is 1. The predicted molar refractivity (Wildman–Crippen MR) is 75.8 cm³/mol. The van der Waals surface area contributed by atoms with E-state index >= 15 is 0 Å². The highest BCUT2D eigenvalue weighted by Gasteiger charge is 2.22. The first-order valence-corrected chi connectivity index (χ1v) is 7.25. The molecule has 1 N–H and O–H groups in total. The van der Waals surface area contributed by atoms with Gasteiger partial charge in [0.05, 0.1) is 0 Å². The average molecular weight is 258 g/mol. The molecule has 1 aromatic heterocycles. The number of hydrogen-bond acceptors (Lipinski definition) is 4. The Labute approximate surface area is 115 Å². The Morgan fingerprint density at radius 1 is 1.37 bits per heavy atom. The first-order valence-electron chi connectivity index (χ1n) is 7.25. The van der Waals surface area contributed by atoms with Crippen molar-refractivity contribution in [3.8, 4) is 6.07 Å². The van der Waals surface area contributed by atoms with Crippen LogP contribution >= 0.6 is 0 Å². The van der Waals surface area contributed by atoms with Gasteiger partial charge in [0.2, 0.25) is 5.95 Å². The second-order valence-electron chi connectivity index (χ2n) is 5.39. The predicted octanol–water partition coefficient (Wildman–Crippen LogP) is 3.43. The van der Waals surface area contributed by atoms with Crippen LogP contribution in [-0.4, -0.2) is 16.0 Å². The highest BCUT2D eigenvalue weighted by atomic mass is 15.1. The molecule has 102 valence electrons. The van der Waals surface area contributed by atoms with Crippen molar-refractivity contribution in [2.75, 3.05) is 5.32 Å². The average Bonchev–Trinajstić information content (AvgIpc) is 2.45. The Morgan fingerprint density at radius 2 is 2.11 bits per heavy atom. The molecule has 1 aliphatic carbocycles. The summed E-state index contributed by atoms with van der Waals surface area (Å²) in [6.45, 7) is 4.10. The number of aryl methyl sites for hydroxylation is 1. The Hall–Kier alpha value is -1.63. The molecule has 0 amide bonds. The molecule has 0 aliphatic heterocycles. The molecule has 1 heterocycles. The third kappa shape index (κ3) is 3.66. The molecule has 0 radical (unpaired) electrons. The van der Waals surface area contributed by atoms with E-state index in [1.165, 1.54) is 32.1 Å². The highest BCUT2D eigenvalue weighted by molar-refractivity contribution is 5.34. The minimum Gasteiger partial charge on any atom is -0.351 e. The van der Waals surface area contributed by atoms with E-state index in [-0.39, 0.29) is 0 Å². The van der Waals surface area contributed by atoms with Gasteiger partial charge in [0, 0.05) is 11.7 Å². The summed E-state index contributed by atoms with van der Waals surface area (Å²) in [4.78, 5) is 8.64. The zero-order chi connectivity index (χ0) is 13.7. The fourth-order valence-electron chi connectivity index (χ4n) is 2.95. The molecule has 0 saturated heterocycles. The van der Waals surface area contributed by atoms with Crippen LogP contribution in [0.25, 0.3) is 0 Å². The molecule has 0 bridgehead atoms. The second-order valence-corrected chi connectivity index (χ2v) is 5.39. The van der Waals surface area contributed by atoms with E-state index in [9.17, 15) is 0 Å². The standard InChI is InChI=1S/C15H22N4/c1-3-14(12-7-5-4-6-8-12)19-15-17-11(2)9-13(10-16)18-15/h9,12,14H,3-8H2,1-2H3,(H,17,18,19). The minimum absolute atomic E-state index is 0.425. The fraction of sp³-hybridized carbons (Fsp3) is 0.667. The van der Waals surface area contributed by atoms with Crippen molar-refractivity contribution in [3.05, 3.63) is 17.5 Å².